The van der Waals surface area contributed by atoms with E-state index in [9.17, 15) is 9.59 Å². The molecule has 4 aromatic rings. The number of carbonyl (C=O) groups excluding carboxylic acids is 2. The summed E-state index contributed by atoms with van der Waals surface area (Å²) in [6, 6.07) is 3.20. The molecule has 10 nitrogen and oxygen atoms in total. The molecule has 2 N–H and O–H groups in total. The molecule has 3 aliphatic rings. The Morgan fingerprint density at radius 1 is 1.30 bits per heavy atom. The second-order valence-electron chi connectivity index (χ2n) is 10.1. The molecule has 0 spiro atoms. The van der Waals surface area contributed by atoms with E-state index in [1.54, 1.807) is 19.2 Å². The normalized spacial score (nSPS) is 23.7. The van der Waals surface area contributed by atoms with Crippen LogP contribution in [0.3, 0.4) is 0 Å². The van der Waals surface area contributed by atoms with Crippen molar-refractivity contribution in [3.05, 3.63) is 40.9 Å². The summed E-state index contributed by atoms with van der Waals surface area (Å²) in [5.74, 6) is -0.781. The lowest BCUT2D eigenvalue weighted by atomic mass is 9.53. The van der Waals surface area contributed by atoms with Crippen molar-refractivity contribution in [1.82, 2.24) is 24.9 Å². The second kappa shape index (κ2) is 10.7. The number of aromatic amines is 1. The first-order valence-corrected chi connectivity index (χ1v) is 14.3. The monoisotopic (exact) mass is 584 g/mol. The van der Waals surface area contributed by atoms with Gasteiger partial charge in [-0.3, -0.25) is 0 Å². The molecule has 2 bridgehead atoms. The predicted molar refractivity (Wildman–Crippen MR) is 148 cm³/mol. The highest BCUT2D eigenvalue weighted by atomic mass is 35.5. The molecule has 40 heavy (non-hydrogen) atoms. The zero-order valence-electron chi connectivity index (χ0n) is 21.5. The van der Waals surface area contributed by atoms with E-state index >= 15 is 4.39 Å². The van der Waals surface area contributed by atoms with Gasteiger partial charge in [0.2, 0.25) is 0 Å². The summed E-state index contributed by atoms with van der Waals surface area (Å²) in [6.07, 6.45) is 6.30. The molecule has 4 aromatic heterocycles. The van der Waals surface area contributed by atoms with Gasteiger partial charge < -0.3 is 24.6 Å². The standard InChI is InChI=1S/C27H26ClFN6O4S/c1-2-38-26(37)39-13-27-7-5-14(6-8-27)20(16(27)12-36)33-24-19(29)22(17-4-3-9-40-17)34-23(35-24)15-10-30-25-21(15)32-18(28)11-31-25/h3-4,9-12,14,16,20H,2,5-8,13H2,1H3,(H,30,31)(H,33,34,35)/t14?,16-,20+,27?/m1/s1. The first kappa shape index (κ1) is 26.6. The largest absolute Gasteiger partial charge is 0.508 e. The average molecular weight is 585 g/mol. The summed E-state index contributed by atoms with van der Waals surface area (Å²) < 4.78 is 26.4. The van der Waals surface area contributed by atoms with Crippen molar-refractivity contribution in [2.75, 3.05) is 18.5 Å². The van der Waals surface area contributed by atoms with Gasteiger partial charge in [0.1, 0.15) is 29.3 Å². The Hall–Kier alpha value is -3.64. The Labute approximate surface area is 237 Å². The molecule has 2 atom stereocenters. The SMILES string of the molecule is CCOC(=O)OCC12CCC(CC1)[C@H](Nc1nc(-c3c[nH]c4ncc(Cl)nc34)nc(-c3cccs3)c1F)[C@H]2C=O. The molecule has 13 heteroatoms. The fraction of sp³-hybridized carbons (Fsp3) is 0.407. The van der Waals surface area contributed by atoms with Gasteiger partial charge in [0.15, 0.2) is 23.1 Å². The van der Waals surface area contributed by atoms with Crippen molar-refractivity contribution < 1.29 is 23.5 Å². The van der Waals surface area contributed by atoms with Crippen LogP contribution >= 0.6 is 22.9 Å². The van der Waals surface area contributed by atoms with Crippen LogP contribution in [0.15, 0.2) is 29.9 Å². The van der Waals surface area contributed by atoms with Gasteiger partial charge in [-0.15, -0.1) is 11.3 Å². The zero-order valence-corrected chi connectivity index (χ0v) is 23.1. The first-order valence-electron chi connectivity index (χ1n) is 13.0. The predicted octanol–water partition coefficient (Wildman–Crippen LogP) is 5.89. The Morgan fingerprint density at radius 2 is 2.12 bits per heavy atom. The van der Waals surface area contributed by atoms with Crippen LogP contribution in [0.1, 0.15) is 32.6 Å². The fourth-order valence-electron chi connectivity index (χ4n) is 6.06. The van der Waals surface area contributed by atoms with Crippen molar-refractivity contribution in [2.24, 2.45) is 17.3 Å². The van der Waals surface area contributed by atoms with Gasteiger partial charge in [0.05, 0.1) is 23.2 Å². The highest BCUT2D eigenvalue weighted by molar-refractivity contribution is 7.13. The molecule has 0 unspecified atom stereocenters. The third-order valence-corrected chi connectivity index (χ3v) is 9.07. The maximum atomic E-state index is 16.1. The lowest BCUT2D eigenvalue weighted by Crippen LogP contribution is -2.57. The Morgan fingerprint density at radius 3 is 2.85 bits per heavy atom. The number of fused-ring (bicyclic) bond motifs is 4. The molecule has 0 aromatic carbocycles. The molecule has 0 saturated heterocycles. The zero-order chi connectivity index (χ0) is 27.9. The molecule has 7 rings (SSSR count). The van der Waals surface area contributed by atoms with Crippen LogP contribution in [0.5, 0.6) is 0 Å². The smallest absolute Gasteiger partial charge is 0.435 e. The maximum Gasteiger partial charge on any atom is 0.508 e. The van der Waals surface area contributed by atoms with E-state index in [-0.39, 0.29) is 41.6 Å². The highest BCUT2D eigenvalue weighted by Crippen LogP contribution is 2.54. The summed E-state index contributed by atoms with van der Waals surface area (Å²) in [4.78, 5) is 45.9. The molecule has 3 aliphatic carbocycles. The topological polar surface area (TPSA) is 132 Å². The van der Waals surface area contributed by atoms with Crippen molar-refractivity contribution in [3.8, 4) is 22.0 Å². The van der Waals surface area contributed by atoms with Crippen LogP contribution in [0.2, 0.25) is 5.15 Å². The number of hydrogen-bond acceptors (Lipinski definition) is 10. The number of aromatic nitrogens is 5. The highest BCUT2D eigenvalue weighted by Gasteiger charge is 2.54. The van der Waals surface area contributed by atoms with Gasteiger partial charge in [-0.1, -0.05) is 17.7 Å². The number of anilines is 1. The van der Waals surface area contributed by atoms with Crippen LogP contribution in [0, 0.1) is 23.1 Å². The number of nitrogens with zero attached hydrogens (tertiary/aromatic N) is 4. The number of hydrogen-bond donors (Lipinski definition) is 2. The van der Waals surface area contributed by atoms with Crippen LogP contribution < -0.4 is 5.32 Å². The van der Waals surface area contributed by atoms with Crippen molar-refractivity contribution in [3.63, 3.8) is 0 Å². The van der Waals surface area contributed by atoms with Gasteiger partial charge in [-0.25, -0.2) is 29.1 Å². The summed E-state index contributed by atoms with van der Waals surface area (Å²) in [6.45, 7) is 1.96. The maximum absolute atomic E-state index is 16.1. The Bertz CT molecular complexity index is 1560. The summed E-state index contributed by atoms with van der Waals surface area (Å²) in [5, 5.41) is 5.33. The minimum Gasteiger partial charge on any atom is -0.435 e. The van der Waals surface area contributed by atoms with Crippen LogP contribution in [-0.2, 0) is 14.3 Å². The summed E-state index contributed by atoms with van der Waals surface area (Å²) in [5.41, 5.74) is 1.04. The number of H-pyrrole nitrogens is 1. The van der Waals surface area contributed by atoms with Gasteiger partial charge in [0, 0.05) is 23.6 Å². The minimum absolute atomic E-state index is 0.0106. The summed E-state index contributed by atoms with van der Waals surface area (Å²) in [7, 11) is 0. The van der Waals surface area contributed by atoms with Crippen LogP contribution in [0.4, 0.5) is 15.0 Å². The first-order chi connectivity index (χ1) is 19.4. The van der Waals surface area contributed by atoms with E-state index in [0.717, 1.165) is 32.0 Å². The third kappa shape index (κ3) is 4.68. The minimum atomic E-state index is -0.757. The molecule has 0 amide bonds. The Kier molecular flexibility index (Phi) is 7.13. The molecule has 0 aliphatic heterocycles. The van der Waals surface area contributed by atoms with Gasteiger partial charge in [-0.2, -0.15) is 0 Å². The van der Waals surface area contributed by atoms with E-state index in [1.807, 2.05) is 11.4 Å². The van der Waals surface area contributed by atoms with Gasteiger partial charge in [0.25, 0.3) is 0 Å². The number of aldehydes is 1. The Balaban J connectivity index is 1.39. The molecule has 4 heterocycles. The molecule has 208 valence electrons. The molecule has 3 fully saturated rings. The number of carbonyl (C=O) groups is 2. The van der Waals surface area contributed by atoms with Crippen LogP contribution in [0.25, 0.3) is 33.1 Å². The molecule has 3 saturated carbocycles. The van der Waals surface area contributed by atoms with Crippen LogP contribution in [-0.4, -0.2) is 56.6 Å². The number of ether oxygens (including phenoxy) is 2. The van der Waals surface area contributed by atoms with E-state index in [1.165, 1.54) is 17.5 Å². The number of nitrogens with one attached hydrogen (secondary N) is 2. The van der Waals surface area contributed by atoms with Gasteiger partial charge >= 0.3 is 6.16 Å². The lowest BCUT2D eigenvalue weighted by molar-refractivity contribution is -0.127. The van der Waals surface area contributed by atoms with E-state index in [0.29, 0.717) is 21.6 Å². The van der Waals surface area contributed by atoms with E-state index < -0.39 is 29.3 Å². The number of rotatable bonds is 8. The average Bonchev–Trinajstić information content (AvgIpc) is 3.64. The quantitative estimate of drug-likeness (QED) is 0.192. The van der Waals surface area contributed by atoms with Gasteiger partial charge in [-0.05, 0) is 50.0 Å². The van der Waals surface area contributed by atoms with Crippen molar-refractivity contribution in [2.45, 2.75) is 38.6 Å². The van der Waals surface area contributed by atoms with E-state index in [4.69, 9.17) is 21.1 Å². The lowest BCUT2D eigenvalue weighted by Gasteiger charge is -2.54. The summed E-state index contributed by atoms with van der Waals surface area (Å²) >= 11 is 7.46. The van der Waals surface area contributed by atoms with E-state index in [2.05, 4.69) is 30.2 Å². The molecular formula is C27H26ClFN6O4S. The molecule has 0 radical (unpaired) electrons. The fourth-order valence-corrected chi connectivity index (χ4v) is 6.90. The third-order valence-electron chi connectivity index (χ3n) is 8.02. The van der Waals surface area contributed by atoms with Crippen molar-refractivity contribution >= 4 is 52.4 Å². The molecular weight excluding hydrogens is 559 g/mol. The number of thiophene rings is 1. The number of halogens is 2. The second-order valence-corrected chi connectivity index (χ2v) is 11.5. The van der Waals surface area contributed by atoms with Crippen molar-refractivity contribution in [1.29, 1.82) is 0 Å².